The van der Waals surface area contributed by atoms with Crippen molar-refractivity contribution in [2.45, 2.75) is 37.4 Å². The summed E-state index contributed by atoms with van der Waals surface area (Å²) in [4.78, 5) is 10.9. The van der Waals surface area contributed by atoms with Gasteiger partial charge in [0.25, 0.3) is 0 Å². The second-order valence-electron chi connectivity index (χ2n) is 5.32. The predicted molar refractivity (Wildman–Crippen MR) is 97.0 cm³/mol. The molecule has 0 N–H and O–H groups in total. The summed E-state index contributed by atoms with van der Waals surface area (Å²) in [5.74, 6) is -0.826. The van der Waals surface area contributed by atoms with Crippen molar-refractivity contribution < 1.29 is 18.3 Å². The Kier molecular flexibility index (Phi) is 6.79. The molecular weight excluding hydrogens is 376 g/mol. The van der Waals surface area contributed by atoms with Gasteiger partial charge in [0.1, 0.15) is 0 Å². The maximum Gasteiger partial charge on any atom is 0.243 e. The summed E-state index contributed by atoms with van der Waals surface area (Å²) < 4.78 is 28.3. The molecule has 0 atom stereocenters. The summed E-state index contributed by atoms with van der Waals surface area (Å²) in [6.45, 7) is 6.86. The summed E-state index contributed by atoms with van der Waals surface area (Å²) in [5.41, 5.74) is 0.707. The van der Waals surface area contributed by atoms with Crippen molar-refractivity contribution in [3.8, 4) is 11.4 Å². The Hall–Kier alpha value is -1.91. The minimum absolute atomic E-state index is 0.209. The fourth-order valence-electron chi connectivity index (χ4n) is 2.51. The fraction of sp³-hybridized carbons (Fsp3) is 0.438. The molecule has 8 nitrogen and oxygen atoms in total. The van der Waals surface area contributed by atoms with Gasteiger partial charge >= 0.3 is 0 Å². The van der Waals surface area contributed by atoms with Gasteiger partial charge in [-0.05, 0) is 31.2 Å². The SMILES string of the molecule is CCN(CC)S(=O)(=O)c1ccc(-c2nnc(SCC(=O)[O-])n2CC)cc1. The molecule has 1 heterocycles. The number of thioether (sulfide) groups is 1. The van der Waals surface area contributed by atoms with Gasteiger partial charge in [-0.2, -0.15) is 4.31 Å². The standard InChI is InChI=1S/C16H22N4O4S2/c1-4-19(5-2)26(23,24)13-9-7-12(8-10-13)15-17-18-16(20(15)6-3)25-11-14(21)22/h7-10H,4-6,11H2,1-3H3,(H,21,22)/p-1. The van der Waals surface area contributed by atoms with E-state index in [1.165, 1.54) is 4.31 Å². The zero-order valence-electron chi connectivity index (χ0n) is 14.9. The molecule has 0 radical (unpaired) electrons. The third-order valence-corrected chi connectivity index (χ3v) is 6.81. The second-order valence-corrected chi connectivity index (χ2v) is 8.21. The highest BCUT2D eigenvalue weighted by atomic mass is 32.2. The van der Waals surface area contributed by atoms with Crippen LogP contribution in [0, 0.1) is 0 Å². The monoisotopic (exact) mass is 397 g/mol. The molecule has 142 valence electrons. The summed E-state index contributed by atoms with van der Waals surface area (Å²) in [5, 5.41) is 19.2. The highest BCUT2D eigenvalue weighted by molar-refractivity contribution is 7.99. The fourth-order valence-corrected chi connectivity index (χ4v) is 4.68. The molecular formula is C16H21N4O4S2-. The Labute approximate surface area is 157 Å². The lowest BCUT2D eigenvalue weighted by Crippen LogP contribution is -2.30. The largest absolute Gasteiger partial charge is 0.549 e. The van der Waals surface area contributed by atoms with E-state index in [-0.39, 0.29) is 10.6 Å². The summed E-state index contributed by atoms with van der Waals surface area (Å²) in [6, 6.07) is 6.46. The maximum atomic E-state index is 12.5. The molecule has 1 aromatic carbocycles. The van der Waals surface area contributed by atoms with Gasteiger partial charge in [-0.1, -0.05) is 25.6 Å². The zero-order chi connectivity index (χ0) is 19.3. The van der Waals surface area contributed by atoms with Gasteiger partial charge in [-0.25, -0.2) is 8.42 Å². The molecule has 0 saturated heterocycles. The van der Waals surface area contributed by atoms with Crippen LogP contribution in [0.2, 0.25) is 0 Å². The number of sulfonamides is 1. The number of carbonyl (C=O) groups excluding carboxylic acids is 1. The zero-order valence-corrected chi connectivity index (χ0v) is 16.5. The van der Waals surface area contributed by atoms with E-state index in [9.17, 15) is 18.3 Å². The topological polar surface area (TPSA) is 108 Å². The molecule has 0 bridgehead atoms. The van der Waals surface area contributed by atoms with Gasteiger partial charge in [0.2, 0.25) is 10.0 Å². The van der Waals surface area contributed by atoms with Crippen LogP contribution in [0.1, 0.15) is 20.8 Å². The molecule has 0 unspecified atom stereocenters. The van der Waals surface area contributed by atoms with Crippen LogP contribution in [-0.2, 0) is 21.4 Å². The Morgan fingerprint density at radius 2 is 1.77 bits per heavy atom. The number of hydrogen-bond donors (Lipinski definition) is 0. The first kappa shape index (κ1) is 20.4. The molecule has 26 heavy (non-hydrogen) atoms. The molecule has 2 aromatic rings. The first-order chi connectivity index (χ1) is 12.3. The maximum absolute atomic E-state index is 12.5. The van der Waals surface area contributed by atoms with E-state index in [1.807, 2.05) is 6.92 Å². The third kappa shape index (κ3) is 4.25. The van der Waals surface area contributed by atoms with Crippen molar-refractivity contribution in [2.75, 3.05) is 18.8 Å². The number of rotatable bonds is 9. The summed E-state index contributed by atoms with van der Waals surface area (Å²) in [7, 11) is -3.51. The number of aromatic nitrogens is 3. The molecule has 0 spiro atoms. The number of aliphatic carboxylic acids is 1. The first-order valence-electron chi connectivity index (χ1n) is 8.21. The van der Waals surface area contributed by atoms with E-state index >= 15 is 0 Å². The Balaban J connectivity index is 2.33. The average Bonchev–Trinajstić information content (AvgIpc) is 3.03. The Bertz CT molecular complexity index is 859. The van der Waals surface area contributed by atoms with Gasteiger partial charge in [0.05, 0.1) is 10.9 Å². The number of carbonyl (C=O) groups is 1. The summed E-state index contributed by atoms with van der Waals surface area (Å²) in [6.07, 6.45) is 0. The average molecular weight is 398 g/mol. The van der Waals surface area contributed by atoms with Gasteiger partial charge in [0, 0.05) is 31.0 Å². The molecule has 10 heteroatoms. The molecule has 0 fully saturated rings. The molecule has 2 rings (SSSR count). The number of hydrogen-bond acceptors (Lipinski definition) is 7. The Morgan fingerprint density at radius 3 is 2.27 bits per heavy atom. The molecule has 0 aliphatic heterocycles. The van der Waals surface area contributed by atoms with E-state index in [0.717, 1.165) is 11.8 Å². The first-order valence-corrected chi connectivity index (χ1v) is 10.6. The van der Waals surface area contributed by atoms with Crippen molar-refractivity contribution in [3.63, 3.8) is 0 Å². The minimum Gasteiger partial charge on any atom is -0.549 e. The van der Waals surface area contributed by atoms with Crippen LogP contribution in [-0.4, -0.2) is 52.3 Å². The minimum atomic E-state index is -3.51. The van der Waals surface area contributed by atoms with Crippen molar-refractivity contribution >= 4 is 27.8 Å². The molecule has 0 saturated carbocycles. The molecule has 0 amide bonds. The van der Waals surface area contributed by atoms with Crippen LogP contribution in [0.15, 0.2) is 34.3 Å². The lowest BCUT2D eigenvalue weighted by molar-refractivity contribution is -0.301. The van der Waals surface area contributed by atoms with E-state index in [2.05, 4.69) is 10.2 Å². The number of carboxylic acid groups (broad SMARTS) is 1. The number of benzene rings is 1. The highest BCUT2D eigenvalue weighted by Crippen LogP contribution is 2.25. The van der Waals surface area contributed by atoms with Crippen LogP contribution < -0.4 is 5.11 Å². The molecule has 1 aromatic heterocycles. The highest BCUT2D eigenvalue weighted by Gasteiger charge is 2.22. The lowest BCUT2D eigenvalue weighted by Gasteiger charge is -2.18. The van der Waals surface area contributed by atoms with Gasteiger partial charge in [-0.3, -0.25) is 0 Å². The third-order valence-electron chi connectivity index (χ3n) is 3.81. The summed E-state index contributed by atoms with van der Waals surface area (Å²) >= 11 is 1.04. The van der Waals surface area contributed by atoms with Gasteiger partial charge in [-0.15, -0.1) is 10.2 Å². The predicted octanol–water partition coefficient (Wildman–Crippen LogP) is 0.837. The van der Waals surface area contributed by atoms with E-state index in [0.29, 0.717) is 36.2 Å². The van der Waals surface area contributed by atoms with Crippen LogP contribution in [0.3, 0.4) is 0 Å². The van der Waals surface area contributed by atoms with Crippen LogP contribution in [0.5, 0.6) is 0 Å². The van der Waals surface area contributed by atoms with Gasteiger partial charge < -0.3 is 14.5 Å². The Morgan fingerprint density at radius 1 is 1.15 bits per heavy atom. The second kappa shape index (κ2) is 8.65. The molecule has 0 aliphatic carbocycles. The van der Waals surface area contributed by atoms with Gasteiger partial charge in [0.15, 0.2) is 11.0 Å². The van der Waals surface area contributed by atoms with Crippen LogP contribution in [0.25, 0.3) is 11.4 Å². The number of nitrogens with zero attached hydrogens (tertiary/aromatic N) is 4. The van der Waals surface area contributed by atoms with Crippen LogP contribution >= 0.6 is 11.8 Å². The van der Waals surface area contributed by atoms with E-state index < -0.39 is 16.0 Å². The quantitative estimate of drug-likeness (QED) is 0.577. The van der Waals surface area contributed by atoms with Crippen molar-refractivity contribution in [1.82, 2.24) is 19.1 Å². The smallest absolute Gasteiger partial charge is 0.243 e. The van der Waals surface area contributed by atoms with Crippen LogP contribution in [0.4, 0.5) is 0 Å². The lowest BCUT2D eigenvalue weighted by atomic mass is 10.2. The van der Waals surface area contributed by atoms with Crippen molar-refractivity contribution in [3.05, 3.63) is 24.3 Å². The van der Waals surface area contributed by atoms with Crippen molar-refractivity contribution in [2.24, 2.45) is 0 Å². The van der Waals surface area contributed by atoms with E-state index in [1.54, 1.807) is 42.7 Å². The van der Waals surface area contributed by atoms with Crippen molar-refractivity contribution in [1.29, 1.82) is 0 Å². The number of carboxylic acids is 1. The normalized spacial score (nSPS) is 11.8. The van der Waals surface area contributed by atoms with E-state index in [4.69, 9.17) is 0 Å². The molecule has 0 aliphatic rings.